The van der Waals surface area contributed by atoms with E-state index in [9.17, 15) is 0 Å². The molecule has 1 aliphatic rings. The number of rotatable bonds is 5. The van der Waals surface area contributed by atoms with Crippen LogP contribution < -0.4 is 10.2 Å². The Kier molecular flexibility index (Phi) is 5.26. The van der Waals surface area contributed by atoms with Gasteiger partial charge in [0.15, 0.2) is 0 Å². The molecule has 3 aromatic rings. The van der Waals surface area contributed by atoms with Crippen LogP contribution in [0.25, 0.3) is 0 Å². The van der Waals surface area contributed by atoms with Gasteiger partial charge in [-0.25, -0.2) is 4.98 Å². The van der Waals surface area contributed by atoms with Crippen LogP contribution in [0.5, 0.6) is 0 Å². The number of fused-ring (bicyclic) bond motifs is 1. The van der Waals surface area contributed by atoms with Crippen LogP contribution in [0.2, 0.25) is 0 Å². The van der Waals surface area contributed by atoms with Gasteiger partial charge in [0.2, 0.25) is 0 Å². The van der Waals surface area contributed by atoms with Gasteiger partial charge >= 0.3 is 0 Å². The summed E-state index contributed by atoms with van der Waals surface area (Å²) < 4.78 is 2.03. The van der Waals surface area contributed by atoms with Crippen molar-refractivity contribution in [1.82, 2.24) is 14.9 Å². The fraction of sp³-hybridized carbons (Fsp3) is 0.348. The van der Waals surface area contributed by atoms with Crippen LogP contribution in [-0.4, -0.2) is 22.1 Å². The van der Waals surface area contributed by atoms with Crippen LogP contribution in [-0.2, 0) is 26.6 Å². The Morgan fingerprint density at radius 2 is 2.00 bits per heavy atom. The van der Waals surface area contributed by atoms with E-state index in [1.807, 2.05) is 17.9 Å². The molecule has 0 bridgehead atoms. The number of nitrogens with one attached hydrogen (secondary N) is 1. The van der Waals surface area contributed by atoms with E-state index in [-0.39, 0.29) is 0 Å². The first-order chi connectivity index (χ1) is 13.2. The first kappa shape index (κ1) is 17.8. The van der Waals surface area contributed by atoms with E-state index >= 15 is 0 Å². The van der Waals surface area contributed by atoms with Gasteiger partial charge in [-0.15, -0.1) is 0 Å². The third-order valence-electron chi connectivity index (χ3n) is 5.38. The van der Waals surface area contributed by atoms with Crippen LogP contribution in [0.4, 0.5) is 5.69 Å². The van der Waals surface area contributed by atoms with Gasteiger partial charge in [-0.2, -0.15) is 0 Å². The predicted molar refractivity (Wildman–Crippen MR) is 111 cm³/mol. The lowest BCUT2D eigenvalue weighted by Gasteiger charge is -2.33. The smallest absolute Gasteiger partial charge is 0.0947 e. The van der Waals surface area contributed by atoms with Gasteiger partial charge in [0, 0.05) is 38.1 Å². The summed E-state index contributed by atoms with van der Waals surface area (Å²) in [6.07, 6.45) is 6.23. The van der Waals surface area contributed by atoms with E-state index in [1.54, 1.807) is 0 Å². The van der Waals surface area contributed by atoms with Crippen molar-refractivity contribution in [2.75, 3.05) is 11.4 Å². The molecule has 2 aromatic carbocycles. The lowest BCUT2D eigenvalue weighted by atomic mass is 10.0. The van der Waals surface area contributed by atoms with E-state index in [2.05, 4.69) is 76.9 Å². The summed E-state index contributed by atoms with van der Waals surface area (Å²) in [5, 5.41) is 3.67. The molecule has 4 heteroatoms. The van der Waals surface area contributed by atoms with E-state index in [4.69, 9.17) is 0 Å². The standard InChI is InChI=1S/C23H28N4/c1-18-8-11-23-20(12-18)13-24-14-22(10-9-19-6-4-3-5-7-19)27(23)16-21-15-26(2)17-25-21/h3-8,11-12,15,17,22,24H,9-10,13-14,16H2,1-2H3. The average molecular weight is 361 g/mol. The minimum atomic E-state index is 0.441. The first-order valence-electron chi connectivity index (χ1n) is 9.77. The minimum absolute atomic E-state index is 0.441. The van der Waals surface area contributed by atoms with Crippen molar-refractivity contribution in [2.45, 2.75) is 38.9 Å². The normalized spacial score (nSPS) is 16.8. The SMILES string of the molecule is Cc1ccc2c(c1)CNCC(CCc1ccccc1)N2Cc1cn(C)cn1. The number of anilines is 1. The first-order valence-corrected chi connectivity index (χ1v) is 9.77. The lowest BCUT2D eigenvalue weighted by molar-refractivity contribution is 0.514. The Morgan fingerprint density at radius 3 is 2.78 bits per heavy atom. The molecule has 0 fully saturated rings. The number of aryl methyl sites for hydroxylation is 3. The molecule has 0 aliphatic carbocycles. The maximum Gasteiger partial charge on any atom is 0.0947 e. The topological polar surface area (TPSA) is 33.1 Å². The molecule has 27 heavy (non-hydrogen) atoms. The fourth-order valence-electron chi connectivity index (χ4n) is 3.99. The van der Waals surface area contributed by atoms with Gasteiger partial charge in [0.1, 0.15) is 0 Å². The molecule has 1 unspecified atom stereocenters. The second-order valence-electron chi connectivity index (χ2n) is 7.60. The Hall–Kier alpha value is -2.59. The number of hydrogen-bond acceptors (Lipinski definition) is 3. The number of hydrogen-bond donors (Lipinski definition) is 1. The van der Waals surface area contributed by atoms with E-state index in [0.29, 0.717) is 6.04 Å². The molecule has 1 aromatic heterocycles. The zero-order valence-corrected chi connectivity index (χ0v) is 16.2. The summed E-state index contributed by atoms with van der Waals surface area (Å²) in [4.78, 5) is 7.14. The van der Waals surface area contributed by atoms with Crippen molar-refractivity contribution in [3.8, 4) is 0 Å². The second-order valence-corrected chi connectivity index (χ2v) is 7.60. The Morgan fingerprint density at radius 1 is 1.15 bits per heavy atom. The molecule has 0 saturated heterocycles. The Balaban J connectivity index is 1.61. The van der Waals surface area contributed by atoms with Gasteiger partial charge in [-0.3, -0.25) is 0 Å². The molecule has 2 heterocycles. The third-order valence-corrected chi connectivity index (χ3v) is 5.38. The van der Waals surface area contributed by atoms with Gasteiger partial charge in [-0.05, 0) is 37.0 Å². The Labute approximate surface area is 161 Å². The number of nitrogens with zero attached hydrogens (tertiary/aromatic N) is 3. The van der Waals surface area contributed by atoms with Crippen LogP contribution in [0.1, 0.15) is 28.8 Å². The molecule has 0 radical (unpaired) electrons. The van der Waals surface area contributed by atoms with Crippen molar-refractivity contribution >= 4 is 5.69 Å². The monoisotopic (exact) mass is 360 g/mol. The van der Waals surface area contributed by atoms with Gasteiger partial charge in [0.05, 0.1) is 18.6 Å². The van der Waals surface area contributed by atoms with Crippen LogP contribution in [0, 0.1) is 6.92 Å². The summed E-state index contributed by atoms with van der Waals surface area (Å²) in [7, 11) is 2.03. The van der Waals surface area contributed by atoms with Crippen molar-refractivity contribution in [3.63, 3.8) is 0 Å². The number of imidazole rings is 1. The van der Waals surface area contributed by atoms with Crippen molar-refractivity contribution in [1.29, 1.82) is 0 Å². The molecule has 1 aliphatic heterocycles. The number of benzene rings is 2. The summed E-state index contributed by atoms with van der Waals surface area (Å²) in [5.41, 5.74) is 6.57. The largest absolute Gasteiger partial charge is 0.361 e. The van der Waals surface area contributed by atoms with Gasteiger partial charge in [-0.1, -0.05) is 48.0 Å². The van der Waals surface area contributed by atoms with Crippen molar-refractivity contribution < 1.29 is 0 Å². The van der Waals surface area contributed by atoms with Gasteiger partial charge in [0.25, 0.3) is 0 Å². The molecule has 4 nitrogen and oxygen atoms in total. The number of aromatic nitrogens is 2. The second kappa shape index (κ2) is 7.97. The predicted octanol–water partition coefficient (Wildman–Crippen LogP) is 3.84. The van der Waals surface area contributed by atoms with E-state index in [0.717, 1.165) is 38.2 Å². The van der Waals surface area contributed by atoms with E-state index < -0.39 is 0 Å². The maximum absolute atomic E-state index is 4.58. The summed E-state index contributed by atoms with van der Waals surface area (Å²) in [5.74, 6) is 0. The molecule has 1 atom stereocenters. The van der Waals surface area contributed by atoms with Crippen molar-refractivity contribution in [2.24, 2.45) is 7.05 Å². The highest BCUT2D eigenvalue weighted by Gasteiger charge is 2.25. The van der Waals surface area contributed by atoms with Crippen LogP contribution in [0.3, 0.4) is 0 Å². The molecule has 140 valence electrons. The quantitative estimate of drug-likeness (QED) is 0.750. The molecule has 4 rings (SSSR count). The molecule has 0 amide bonds. The fourth-order valence-corrected chi connectivity index (χ4v) is 3.99. The van der Waals surface area contributed by atoms with Gasteiger partial charge < -0.3 is 14.8 Å². The zero-order chi connectivity index (χ0) is 18.6. The highest BCUT2D eigenvalue weighted by molar-refractivity contribution is 5.57. The van der Waals surface area contributed by atoms with Crippen LogP contribution in [0.15, 0.2) is 61.1 Å². The van der Waals surface area contributed by atoms with Crippen molar-refractivity contribution in [3.05, 3.63) is 83.4 Å². The summed E-state index contributed by atoms with van der Waals surface area (Å²) in [6.45, 7) is 4.93. The summed E-state index contributed by atoms with van der Waals surface area (Å²) in [6, 6.07) is 18.1. The molecular formula is C23H28N4. The maximum atomic E-state index is 4.58. The highest BCUT2D eigenvalue weighted by atomic mass is 15.2. The Bertz CT molecular complexity index is 884. The minimum Gasteiger partial charge on any atom is -0.361 e. The lowest BCUT2D eigenvalue weighted by Crippen LogP contribution is -2.40. The third kappa shape index (κ3) is 4.22. The average Bonchev–Trinajstić information content (AvgIpc) is 3.01. The molecule has 0 spiro atoms. The zero-order valence-electron chi connectivity index (χ0n) is 16.2. The molecule has 1 N–H and O–H groups in total. The molecule has 0 saturated carbocycles. The highest BCUT2D eigenvalue weighted by Crippen LogP contribution is 2.29. The van der Waals surface area contributed by atoms with E-state index in [1.165, 1.54) is 22.4 Å². The molecular weight excluding hydrogens is 332 g/mol. The summed E-state index contributed by atoms with van der Waals surface area (Å²) >= 11 is 0. The van der Waals surface area contributed by atoms with Crippen LogP contribution >= 0.6 is 0 Å².